The molecule has 2 aromatic rings. The fourth-order valence-corrected chi connectivity index (χ4v) is 1.88. The van der Waals surface area contributed by atoms with Crippen LogP contribution >= 0.6 is 0 Å². The third-order valence-corrected chi connectivity index (χ3v) is 2.96. The van der Waals surface area contributed by atoms with Crippen molar-refractivity contribution < 1.29 is 5.21 Å². The lowest BCUT2D eigenvalue weighted by atomic mass is 10.3. The number of hydrogen-bond donors (Lipinski definition) is 1. The van der Waals surface area contributed by atoms with E-state index in [0.717, 1.165) is 18.2 Å². The van der Waals surface area contributed by atoms with E-state index in [2.05, 4.69) is 15.0 Å². The molecule has 20 heavy (non-hydrogen) atoms. The van der Waals surface area contributed by atoms with E-state index in [1.54, 1.807) is 19.1 Å². The summed E-state index contributed by atoms with van der Waals surface area (Å²) in [7, 11) is 0. The molecule has 0 radical (unpaired) electrons. The lowest BCUT2D eigenvalue weighted by Gasteiger charge is -2.21. The fraction of sp³-hybridized carbons (Fsp3) is 0.357. The highest BCUT2D eigenvalue weighted by Gasteiger charge is 2.14. The molecule has 0 saturated carbocycles. The van der Waals surface area contributed by atoms with E-state index < -0.39 is 0 Å². The second kappa shape index (κ2) is 6.29. The van der Waals surface area contributed by atoms with Crippen molar-refractivity contribution in [3.05, 3.63) is 36.2 Å². The Kier molecular flexibility index (Phi) is 4.47. The molecular weight excluding hydrogens is 254 g/mol. The van der Waals surface area contributed by atoms with E-state index in [4.69, 9.17) is 0 Å². The molecule has 1 aromatic heterocycles. The summed E-state index contributed by atoms with van der Waals surface area (Å²) in [6.45, 7) is 7.47. The van der Waals surface area contributed by atoms with Crippen LogP contribution in [0.1, 0.15) is 19.7 Å². The summed E-state index contributed by atoms with van der Waals surface area (Å²) in [6, 6.07) is 9.15. The monoisotopic (exact) mass is 273 g/mol. The number of para-hydroxylation sites is 1. The second-order valence-corrected chi connectivity index (χ2v) is 4.30. The maximum atomic E-state index is 10.2. The number of aromatic nitrogens is 3. The van der Waals surface area contributed by atoms with E-state index >= 15 is 0 Å². The highest BCUT2D eigenvalue weighted by molar-refractivity contribution is 5.54. The predicted octanol–water partition coefficient (Wildman–Crippen LogP) is 2.55. The number of benzene rings is 1. The first-order valence-corrected chi connectivity index (χ1v) is 6.67. The molecule has 0 aliphatic rings. The standard InChI is InChI=1S/C14H19N5O/c1-4-18(5-2)13-15-11(3)16-14(17-13)19(20)12-9-7-6-8-10-12/h6-10,20H,4-5H2,1-3H3. The average Bonchev–Trinajstić information content (AvgIpc) is 2.48. The summed E-state index contributed by atoms with van der Waals surface area (Å²) in [5.41, 5.74) is 0.614. The first-order chi connectivity index (χ1) is 9.65. The van der Waals surface area contributed by atoms with Gasteiger partial charge in [0.25, 0.3) is 5.95 Å². The summed E-state index contributed by atoms with van der Waals surface area (Å²) in [6.07, 6.45) is 0. The van der Waals surface area contributed by atoms with Crippen LogP contribution in [0.2, 0.25) is 0 Å². The molecule has 0 aliphatic carbocycles. The minimum Gasteiger partial charge on any atom is -0.341 e. The molecule has 0 bridgehead atoms. The molecule has 0 fully saturated rings. The largest absolute Gasteiger partial charge is 0.341 e. The number of rotatable bonds is 5. The Balaban J connectivity index is 2.37. The zero-order chi connectivity index (χ0) is 14.5. The van der Waals surface area contributed by atoms with Crippen molar-refractivity contribution in [2.45, 2.75) is 20.8 Å². The van der Waals surface area contributed by atoms with Gasteiger partial charge in [-0.2, -0.15) is 20.0 Å². The summed E-state index contributed by atoms with van der Waals surface area (Å²) in [5, 5.41) is 11.2. The second-order valence-electron chi connectivity index (χ2n) is 4.30. The van der Waals surface area contributed by atoms with Crippen LogP contribution in [0.4, 0.5) is 17.6 Å². The van der Waals surface area contributed by atoms with Crippen LogP contribution in [0.5, 0.6) is 0 Å². The number of nitrogens with zero attached hydrogens (tertiary/aromatic N) is 5. The molecule has 0 aliphatic heterocycles. The topological polar surface area (TPSA) is 65.4 Å². The molecule has 1 heterocycles. The normalized spacial score (nSPS) is 10.4. The van der Waals surface area contributed by atoms with Crippen LogP contribution in [0.15, 0.2) is 30.3 Å². The van der Waals surface area contributed by atoms with Crippen molar-refractivity contribution in [2.75, 3.05) is 23.1 Å². The third-order valence-electron chi connectivity index (χ3n) is 2.96. The number of hydrogen-bond acceptors (Lipinski definition) is 6. The maximum absolute atomic E-state index is 10.2. The van der Waals surface area contributed by atoms with Crippen LogP contribution in [0, 0.1) is 6.92 Å². The number of aryl methyl sites for hydroxylation is 1. The molecule has 2 rings (SSSR count). The SMILES string of the molecule is CCN(CC)c1nc(C)nc(N(O)c2ccccc2)n1. The Morgan fingerprint density at radius 3 is 2.15 bits per heavy atom. The lowest BCUT2D eigenvalue weighted by Crippen LogP contribution is -2.26. The van der Waals surface area contributed by atoms with E-state index in [-0.39, 0.29) is 5.95 Å². The van der Waals surface area contributed by atoms with Crippen LogP contribution in [-0.2, 0) is 0 Å². The molecule has 0 spiro atoms. The van der Waals surface area contributed by atoms with Gasteiger partial charge in [-0.3, -0.25) is 5.21 Å². The van der Waals surface area contributed by atoms with Crippen LogP contribution in [-0.4, -0.2) is 33.2 Å². The van der Waals surface area contributed by atoms with Crippen LogP contribution < -0.4 is 9.96 Å². The molecule has 0 amide bonds. The molecular formula is C14H19N5O. The Hall–Kier alpha value is -2.21. The van der Waals surface area contributed by atoms with Gasteiger partial charge >= 0.3 is 0 Å². The smallest absolute Gasteiger partial charge is 0.259 e. The minimum atomic E-state index is 0.227. The molecule has 0 unspecified atom stereocenters. The summed E-state index contributed by atoms with van der Waals surface area (Å²) >= 11 is 0. The zero-order valence-electron chi connectivity index (χ0n) is 12.0. The van der Waals surface area contributed by atoms with Gasteiger partial charge in [-0.05, 0) is 32.9 Å². The van der Waals surface area contributed by atoms with Gasteiger partial charge in [0, 0.05) is 13.1 Å². The van der Waals surface area contributed by atoms with Crippen LogP contribution in [0.25, 0.3) is 0 Å². The first kappa shape index (κ1) is 14.2. The van der Waals surface area contributed by atoms with Crippen molar-refractivity contribution in [3.63, 3.8) is 0 Å². The first-order valence-electron chi connectivity index (χ1n) is 6.67. The Labute approximate surface area is 118 Å². The predicted molar refractivity (Wildman–Crippen MR) is 78.5 cm³/mol. The lowest BCUT2D eigenvalue weighted by molar-refractivity contribution is 0.293. The summed E-state index contributed by atoms with van der Waals surface area (Å²) < 4.78 is 0. The maximum Gasteiger partial charge on any atom is 0.259 e. The van der Waals surface area contributed by atoms with Crippen molar-refractivity contribution in [1.29, 1.82) is 0 Å². The summed E-state index contributed by atoms with van der Waals surface area (Å²) in [5.74, 6) is 1.38. The third kappa shape index (κ3) is 3.03. The van der Waals surface area contributed by atoms with Crippen molar-refractivity contribution >= 4 is 17.6 Å². The highest BCUT2D eigenvalue weighted by Crippen LogP contribution is 2.20. The molecule has 0 saturated heterocycles. The molecule has 6 nitrogen and oxygen atoms in total. The molecule has 0 atom stereocenters. The Morgan fingerprint density at radius 2 is 1.55 bits per heavy atom. The van der Waals surface area contributed by atoms with Crippen molar-refractivity contribution in [2.24, 2.45) is 0 Å². The number of anilines is 3. The van der Waals surface area contributed by atoms with Gasteiger partial charge in [0.1, 0.15) is 5.82 Å². The summed E-state index contributed by atoms with van der Waals surface area (Å²) in [4.78, 5) is 14.8. The van der Waals surface area contributed by atoms with Crippen molar-refractivity contribution in [1.82, 2.24) is 15.0 Å². The zero-order valence-corrected chi connectivity index (χ0v) is 12.0. The van der Waals surface area contributed by atoms with Gasteiger partial charge in [0.05, 0.1) is 5.69 Å². The fourth-order valence-electron chi connectivity index (χ4n) is 1.88. The highest BCUT2D eigenvalue weighted by atomic mass is 16.5. The molecule has 1 aromatic carbocycles. The van der Waals surface area contributed by atoms with Gasteiger partial charge in [0.2, 0.25) is 5.95 Å². The minimum absolute atomic E-state index is 0.227. The van der Waals surface area contributed by atoms with Gasteiger partial charge in [0.15, 0.2) is 0 Å². The van der Waals surface area contributed by atoms with Crippen LogP contribution in [0.3, 0.4) is 0 Å². The van der Waals surface area contributed by atoms with Gasteiger partial charge in [-0.1, -0.05) is 18.2 Å². The van der Waals surface area contributed by atoms with E-state index in [9.17, 15) is 5.21 Å². The quantitative estimate of drug-likeness (QED) is 0.845. The van der Waals surface area contributed by atoms with Crippen molar-refractivity contribution in [3.8, 4) is 0 Å². The van der Waals surface area contributed by atoms with E-state index in [1.807, 2.05) is 36.9 Å². The van der Waals surface area contributed by atoms with Gasteiger partial charge < -0.3 is 4.90 Å². The molecule has 1 N–H and O–H groups in total. The molecule has 106 valence electrons. The van der Waals surface area contributed by atoms with E-state index in [1.165, 1.54) is 0 Å². The Morgan fingerprint density at radius 1 is 0.950 bits per heavy atom. The average molecular weight is 273 g/mol. The molecule has 6 heteroatoms. The Bertz CT molecular complexity index is 557. The van der Waals surface area contributed by atoms with Gasteiger partial charge in [-0.15, -0.1) is 0 Å². The van der Waals surface area contributed by atoms with Gasteiger partial charge in [-0.25, -0.2) is 0 Å². The van der Waals surface area contributed by atoms with E-state index in [0.29, 0.717) is 17.5 Å².